The van der Waals surface area contributed by atoms with E-state index in [9.17, 15) is 0 Å². The molecule has 2 aromatic rings. The van der Waals surface area contributed by atoms with Crippen molar-refractivity contribution in [2.24, 2.45) is 0 Å². The zero-order chi connectivity index (χ0) is 12.1. The van der Waals surface area contributed by atoms with Gasteiger partial charge in [0.2, 0.25) is 0 Å². The Labute approximate surface area is 115 Å². The largest absolute Gasteiger partial charge is 0.318 e. The summed E-state index contributed by atoms with van der Waals surface area (Å²) in [6.45, 7) is 3.06. The molecule has 98 valence electrons. The Hall–Kier alpha value is -1.16. The topological polar surface area (TPSA) is 28.2 Å². The summed E-state index contributed by atoms with van der Waals surface area (Å²) in [5.41, 5.74) is 2.40. The highest BCUT2D eigenvalue weighted by Gasteiger charge is 2.01. The van der Waals surface area contributed by atoms with Crippen LogP contribution in [0.5, 0.6) is 0 Å². The fourth-order valence-corrected chi connectivity index (χ4v) is 1.92. The average molecular weight is 266 g/mol. The third-order valence-corrected chi connectivity index (χ3v) is 2.86. The molecule has 0 amide bonds. The van der Waals surface area contributed by atoms with E-state index < -0.39 is 0 Å². The second-order valence-corrected chi connectivity index (χ2v) is 4.37. The van der Waals surface area contributed by atoms with Gasteiger partial charge in [-0.05, 0) is 37.9 Å². The van der Waals surface area contributed by atoms with Crippen molar-refractivity contribution in [2.75, 3.05) is 27.2 Å². The number of likely N-dealkylation sites (N-methyl/N-ethyl adjacent to an activating group) is 2. The monoisotopic (exact) mass is 265 g/mol. The molecule has 1 N–H and O–H groups in total. The van der Waals surface area contributed by atoms with Crippen LogP contribution in [0.25, 0.3) is 10.9 Å². The molecule has 18 heavy (non-hydrogen) atoms. The van der Waals surface area contributed by atoms with Crippen LogP contribution in [0.2, 0.25) is 0 Å². The minimum atomic E-state index is 0. The maximum atomic E-state index is 4.33. The predicted molar refractivity (Wildman–Crippen MR) is 79.3 cm³/mol. The molecule has 4 heteroatoms. The van der Waals surface area contributed by atoms with Crippen LogP contribution in [-0.4, -0.2) is 37.1 Å². The zero-order valence-electron chi connectivity index (χ0n) is 10.9. The van der Waals surface area contributed by atoms with Gasteiger partial charge in [0.25, 0.3) is 0 Å². The molecular formula is C14H20ClN3. The Morgan fingerprint density at radius 1 is 1.28 bits per heavy atom. The van der Waals surface area contributed by atoms with E-state index in [0.717, 1.165) is 25.2 Å². The number of fused-ring (bicyclic) bond motifs is 1. The molecule has 2 rings (SSSR count). The molecule has 0 radical (unpaired) electrons. The maximum Gasteiger partial charge on any atom is 0.0702 e. The molecule has 0 bridgehead atoms. The van der Waals surface area contributed by atoms with E-state index in [1.54, 1.807) is 0 Å². The van der Waals surface area contributed by atoms with Gasteiger partial charge in [-0.25, -0.2) is 0 Å². The van der Waals surface area contributed by atoms with Crippen molar-refractivity contribution in [3.05, 3.63) is 42.1 Å². The highest BCUT2D eigenvalue weighted by atomic mass is 35.5. The fraction of sp³-hybridized carbons (Fsp3) is 0.357. The quantitative estimate of drug-likeness (QED) is 0.899. The number of aromatic nitrogens is 1. The second-order valence-electron chi connectivity index (χ2n) is 4.37. The second kappa shape index (κ2) is 7.31. The van der Waals surface area contributed by atoms with E-state index in [-0.39, 0.29) is 12.4 Å². The molecule has 0 saturated carbocycles. The van der Waals surface area contributed by atoms with Crippen molar-refractivity contribution < 1.29 is 0 Å². The number of nitrogens with one attached hydrogen (secondary N) is 1. The van der Waals surface area contributed by atoms with Crippen molar-refractivity contribution in [1.82, 2.24) is 15.2 Å². The number of nitrogens with zero attached hydrogens (tertiary/aromatic N) is 2. The Bertz CT molecular complexity index is 487. The molecule has 0 aliphatic rings. The number of halogens is 1. The highest BCUT2D eigenvalue weighted by molar-refractivity contribution is 5.85. The van der Waals surface area contributed by atoms with Gasteiger partial charge in [-0.1, -0.05) is 12.1 Å². The first-order chi connectivity index (χ1) is 8.29. The third kappa shape index (κ3) is 3.95. The van der Waals surface area contributed by atoms with Crippen LogP contribution in [0.1, 0.15) is 5.56 Å². The molecule has 0 aliphatic heterocycles. The van der Waals surface area contributed by atoms with E-state index in [2.05, 4.69) is 46.5 Å². The zero-order valence-corrected chi connectivity index (χ0v) is 11.7. The van der Waals surface area contributed by atoms with Crippen LogP contribution in [0.15, 0.2) is 36.5 Å². The number of rotatable bonds is 5. The maximum absolute atomic E-state index is 4.33. The molecule has 1 heterocycles. The number of hydrogen-bond acceptors (Lipinski definition) is 3. The van der Waals surface area contributed by atoms with Crippen LogP contribution in [0.4, 0.5) is 0 Å². The number of pyridine rings is 1. The van der Waals surface area contributed by atoms with Gasteiger partial charge < -0.3 is 10.2 Å². The molecule has 0 saturated heterocycles. The summed E-state index contributed by atoms with van der Waals surface area (Å²) in [5.74, 6) is 0. The van der Waals surface area contributed by atoms with Crippen molar-refractivity contribution in [3.8, 4) is 0 Å². The van der Waals surface area contributed by atoms with Gasteiger partial charge in [0.1, 0.15) is 0 Å². The van der Waals surface area contributed by atoms with Gasteiger partial charge in [-0.15, -0.1) is 12.4 Å². The molecule has 1 aromatic heterocycles. The summed E-state index contributed by atoms with van der Waals surface area (Å²) >= 11 is 0. The Balaban J connectivity index is 0.00000162. The molecule has 0 unspecified atom stereocenters. The van der Waals surface area contributed by atoms with Crippen molar-refractivity contribution in [3.63, 3.8) is 0 Å². The average Bonchev–Trinajstić information content (AvgIpc) is 2.36. The van der Waals surface area contributed by atoms with Crippen molar-refractivity contribution >= 4 is 23.3 Å². The Morgan fingerprint density at radius 2 is 2.11 bits per heavy atom. The molecule has 3 nitrogen and oxygen atoms in total. The van der Waals surface area contributed by atoms with Crippen LogP contribution in [0.3, 0.4) is 0 Å². The normalized spacial score (nSPS) is 10.6. The van der Waals surface area contributed by atoms with Gasteiger partial charge in [0, 0.05) is 31.2 Å². The first kappa shape index (κ1) is 14.9. The van der Waals surface area contributed by atoms with Crippen LogP contribution < -0.4 is 5.32 Å². The van der Waals surface area contributed by atoms with Crippen molar-refractivity contribution in [1.29, 1.82) is 0 Å². The SMILES string of the molecule is CNCCN(C)Cc1ccc2ncccc2c1.Cl. The highest BCUT2D eigenvalue weighted by Crippen LogP contribution is 2.14. The van der Waals surface area contributed by atoms with Crippen LogP contribution in [0, 0.1) is 0 Å². The summed E-state index contributed by atoms with van der Waals surface area (Å²) in [6, 6.07) is 10.6. The molecule has 0 atom stereocenters. The van der Waals surface area contributed by atoms with E-state index in [1.807, 2.05) is 19.3 Å². The van der Waals surface area contributed by atoms with Gasteiger partial charge in [0.05, 0.1) is 5.52 Å². The summed E-state index contributed by atoms with van der Waals surface area (Å²) in [4.78, 5) is 6.64. The van der Waals surface area contributed by atoms with E-state index in [4.69, 9.17) is 0 Å². The minimum absolute atomic E-state index is 0. The lowest BCUT2D eigenvalue weighted by Gasteiger charge is -2.16. The first-order valence-electron chi connectivity index (χ1n) is 5.96. The van der Waals surface area contributed by atoms with Gasteiger partial charge in [-0.3, -0.25) is 4.98 Å². The van der Waals surface area contributed by atoms with E-state index in [0.29, 0.717) is 0 Å². The molecule has 0 aliphatic carbocycles. The number of benzene rings is 1. The van der Waals surface area contributed by atoms with Crippen LogP contribution in [-0.2, 0) is 6.54 Å². The van der Waals surface area contributed by atoms with E-state index >= 15 is 0 Å². The molecule has 0 spiro atoms. The summed E-state index contributed by atoms with van der Waals surface area (Å²) in [6.07, 6.45) is 1.83. The summed E-state index contributed by atoms with van der Waals surface area (Å²) in [5, 5.41) is 4.38. The molecule has 1 aromatic carbocycles. The van der Waals surface area contributed by atoms with Crippen molar-refractivity contribution in [2.45, 2.75) is 6.54 Å². The third-order valence-electron chi connectivity index (χ3n) is 2.86. The Kier molecular flexibility index (Phi) is 6.05. The standard InChI is InChI=1S/C14H19N3.ClH/c1-15-8-9-17(2)11-12-5-6-14-13(10-12)4-3-7-16-14;/h3-7,10,15H,8-9,11H2,1-2H3;1H. The lowest BCUT2D eigenvalue weighted by atomic mass is 10.1. The van der Waals surface area contributed by atoms with Gasteiger partial charge in [-0.2, -0.15) is 0 Å². The fourth-order valence-electron chi connectivity index (χ4n) is 1.92. The van der Waals surface area contributed by atoms with Gasteiger partial charge in [0.15, 0.2) is 0 Å². The smallest absolute Gasteiger partial charge is 0.0702 e. The minimum Gasteiger partial charge on any atom is -0.318 e. The lowest BCUT2D eigenvalue weighted by molar-refractivity contribution is 0.328. The number of hydrogen-bond donors (Lipinski definition) is 1. The molecular weight excluding hydrogens is 246 g/mol. The Morgan fingerprint density at radius 3 is 2.89 bits per heavy atom. The summed E-state index contributed by atoms with van der Waals surface area (Å²) in [7, 11) is 4.13. The summed E-state index contributed by atoms with van der Waals surface area (Å²) < 4.78 is 0. The predicted octanol–water partition coefficient (Wildman–Crippen LogP) is 2.31. The molecule has 0 fully saturated rings. The lowest BCUT2D eigenvalue weighted by Crippen LogP contribution is -2.26. The van der Waals surface area contributed by atoms with Gasteiger partial charge >= 0.3 is 0 Å². The van der Waals surface area contributed by atoms with Crippen LogP contribution >= 0.6 is 12.4 Å². The van der Waals surface area contributed by atoms with E-state index in [1.165, 1.54) is 10.9 Å². The first-order valence-corrected chi connectivity index (χ1v) is 5.96.